The number of anilines is 1. The number of hydrogen-bond donors (Lipinski definition) is 4. The topological polar surface area (TPSA) is 107 Å². The van der Waals surface area contributed by atoms with Crippen LogP contribution in [0.5, 0.6) is 0 Å². The van der Waals surface area contributed by atoms with E-state index >= 15 is 0 Å². The summed E-state index contributed by atoms with van der Waals surface area (Å²) < 4.78 is 13.3. The summed E-state index contributed by atoms with van der Waals surface area (Å²) in [6.45, 7) is 0.0162. The molecule has 7 nitrogen and oxygen atoms in total. The van der Waals surface area contributed by atoms with E-state index < -0.39 is 11.9 Å². The number of aliphatic hydroxyl groups is 1. The Kier molecular flexibility index (Phi) is 3.78. The molecule has 0 radical (unpaired) electrons. The summed E-state index contributed by atoms with van der Waals surface area (Å²) in [5, 5.41) is 19.7. The molecule has 22 heavy (non-hydrogen) atoms. The smallest absolute Gasteiger partial charge is 0.263 e. The highest BCUT2D eigenvalue weighted by atomic mass is 35.5. The number of aromatic amines is 2. The Labute approximate surface area is 128 Å². The van der Waals surface area contributed by atoms with Gasteiger partial charge in [-0.15, -0.1) is 0 Å². The van der Waals surface area contributed by atoms with E-state index in [2.05, 4.69) is 25.5 Å². The summed E-state index contributed by atoms with van der Waals surface area (Å²) in [6, 6.07) is 3.80. The van der Waals surface area contributed by atoms with Gasteiger partial charge in [0.2, 0.25) is 5.95 Å². The summed E-state index contributed by atoms with van der Waals surface area (Å²) in [7, 11) is 0. The molecule has 2 heterocycles. The molecule has 0 amide bonds. The van der Waals surface area contributed by atoms with Crippen LogP contribution < -0.4 is 10.9 Å². The molecular weight excluding hydrogens is 313 g/mol. The molecule has 9 heteroatoms. The average Bonchev–Trinajstić information content (AvgIpc) is 2.92. The molecule has 0 saturated heterocycles. The van der Waals surface area contributed by atoms with Gasteiger partial charge in [0.25, 0.3) is 5.56 Å². The molecule has 114 valence electrons. The molecule has 0 aliphatic rings. The van der Waals surface area contributed by atoms with E-state index in [1.165, 1.54) is 18.3 Å². The number of H-pyrrole nitrogens is 2. The summed E-state index contributed by atoms with van der Waals surface area (Å²) >= 11 is 5.74. The second-order valence-corrected chi connectivity index (χ2v) is 5.08. The standard InChI is InChI=1S/C13H11ClFN5O2/c14-7-1-6(2-8(15)3-7)10(21)5-16-13-18-11-9(4-17-20-11)12(22)19-13/h1-4,10,21H,5H2,(H3,16,17,18,19,20,22). The predicted molar refractivity (Wildman–Crippen MR) is 79.4 cm³/mol. The molecule has 4 N–H and O–H groups in total. The van der Waals surface area contributed by atoms with Crippen LogP contribution in [0.2, 0.25) is 5.02 Å². The second-order valence-electron chi connectivity index (χ2n) is 4.65. The summed E-state index contributed by atoms with van der Waals surface area (Å²) in [4.78, 5) is 18.4. The lowest BCUT2D eigenvalue weighted by Crippen LogP contribution is -2.17. The third-order valence-corrected chi connectivity index (χ3v) is 3.27. The fourth-order valence-electron chi connectivity index (χ4n) is 2.01. The highest BCUT2D eigenvalue weighted by Crippen LogP contribution is 2.20. The number of hydrogen-bond acceptors (Lipinski definition) is 5. The van der Waals surface area contributed by atoms with Crippen LogP contribution in [0.3, 0.4) is 0 Å². The molecule has 0 saturated carbocycles. The maximum Gasteiger partial charge on any atom is 0.263 e. The minimum absolute atomic E-state index is 0.0162. The summed E-state index contributed by atoms with van der Waals surface area (Å²) in [5.74, 6) is -0.365. The van der Waals surface area contributed by atoms with Crippen LogP contribution in [0.15, 0.2) is 29.2 Å². The van der Waals surface area contributed by atoms with Crippen LogP contribution in [0.1, 0.15) is 11.7 Å². The molecular formula is C13H11ClFN5O2. The van der Waals surface area contributed by atoms with Gasteiger partial charge in [0.05, 0.1) is 12.3 Å². The van der Waals surface area contributed by atoms with E-state index in [9.17, 15) is 14.3 Å². The highest BCUT2D eigenvalue weighted by Gasteiger charge is 2.11. The molecule has 0 fully saturated rings. The normalized spacial score (nSPS) is 12.5. The van der Waals surface area contributed by atoms with Crippen LogP contribution in [0, 0.1) is 5.82 Å². The first kappa shape index (κ1) is 14.5. The Morgan fingerprint density at radius 1 is 1.41 bits per heavy atom. The van der Waals surface area contributed by atoms with Crippen molar-refractivity contribution in [3.8, 4) is 0 Å². The lowest BCUT2D eigenvalue weighted by molar-refractivity contribution is 0.191. The van der Waals surface area contributed by atoms with Crippen LogP contribution in [-0.4, -0.2) is 31.8 Å². The Morgan fingerprint density at radius 3 is 3.00 bits per heavy atom. The van der Waals surface area contributed by atoms with Crippen molar-refractivity contribution in [1.82, 2.24) is 20.2 Å². The van der Waals surface area contributed by atoms with Gasteiger partial charge in [0.15, 0.2) is 5.65 Å². The van der Waals surface area contributed by atoms with Gasteiger partial charge in [-0.25, -0.2) is 4.39 Å². The molecule has 2 aromatic heterocycles. The van der Waals surface area contributed by atoms with Gasteiger partial charge in [0.1, 0.15) is 11.2 Å². The zero-order chi connectivity index (χ0) is 15.7. The Bertz CT molecular complexity index is 858. The Morgan fingerprint density at radius 2 is 2.23 bits per heavy atom. The number of benzene rings is 1. The van der Waals surface area contributed by atoms with E-state index in [4.69, 9.17) is 11.6 Å². The van der Waals surface area contributed by atoms with Gasteiger partial charge in [-0.3, -0.25) is 14.9 Å². The van der Waals surface area contributed by atoms with Crippen molar-refractivity contribution in [2.45, 2.75) is 6.10 Å². The zero-order valence-electron chi connectivity index (χ0n) is 11.1. The first-order chi connectivity index (χ1) is 10.5. The molecule has 1 atom stereocenters. The van der Waals surface area contributed by atoms with Crippen molar-refractivity contribution >= 4 is 28.6 Å². The summed E-state index contributed by atoms with van der Waals surface area (Å²) in [6.07, 6.45) is 0.352. The van der Waals surface area contributed by atoms with Crippen molar-refractivity contribution in [2.75, 3.05) is 11.9 Å². The monoisotopic (exact) mass is 323 g/mol. The Balaban J connectivity index is 1.76. The average molecular weight is 324 g/mol. The summed E-state index contributed by atoms with van der Waals surface area (Å²) in [5.41, 5.74) is 0.293. The fourth-order valence-corrected chi connectivity index (χ4v) is 2.24. The number of aromatic nitrogens is 4. The maximum absolute atomic E-state index is 13.3. The lowest BCUT2D eigenvalue weighted by atomic mass is 10.1. The quantitative estimate of drug-likeness (QED) is 0.583. The SMILES string of the molecule is O=c1[nH]c(NCC(O)c2cc(F)cc(Cl)c2)nc2[nH]ncc12. The van der Waals surface area contributed by atoms with Crippen molar-refractivity contribution in [3.63, 3.8) is 0 Å². The molecule has 3 aromatic rings. The van der Waals surface area contributed by atoms with Crippen molar-refractivity contribution < 1.29 is 9.50 Å². The zero-order valence-corrected chi connectivity index (χ0v) is 11.9. The van der Waals surface area contributed by atoms with Crippen LogP contribution in [0.25, 0.3) is 11.0 Å². The third kappa shape index (κ3) is 2.92. The van der Waals surface area contributed by atoms with Crippen molar-refractivity contribution in [3.05, 3.63) is 51.2 Å². The van der Waals surface area contributed by atoms with Gasteiger partial charge in [-0.1, -0.05) is 11.6 Å². The molecule has 1 unspecified atom stereocenters. The number of nitrogens with zero attached hydrogens (tertiary/aromatic N) is 2. The number of aliphatic hydroxyl groups excluding tert-OH is 1. The lowest BCUT2D eigenvalue weighted by Gasteiger charge is -2.13. The first-order valence-electron chi connectivity index (χ1n) is 6.34. The van der Waals surface area contributed by atoms with E-state index in [0.717, 1.165) is 6.07 Å². The first-order valence-corrected chi connectivity index (χ1v) is 6.72. The molecule has 3 rings (SSSR count). The van der Waals surface area contributed by atoms with Gasteiger partial charge >= 0.3 is 0 Å². The maximum atomic E-state index is 13.3. The second kappa shape index (κ2) is 5.74. The van der Waals surface area contributed by atoms with Gasteiger partial charge in [-0.2, -0.15) is 10.1 Å². The largest absolute Gasteiger partial charge is 0.387 e. The molecule has 0 spiro atoms. The van der Waals surface area contributed by atoms with E-state index in [-0.39, 0.29) is 23.1 Å². The van der Waals surface area contributed by atoms with Gasteiger partial charge in [0, 0.05) is 11.6 Å². The number of rotatable bonds is 4. The third-order valence-electron chi connectivity index (χ3n) is 3.05. The Hall–Kier alpha value is -2.45. The molecule has 1 aromatic carbocycles. The van der Waals surface area contributed by atoms with E-state index in [0.29, 0.717) is 16.6 Å². The van der Waals surface area contributed by atoms with Gasteiger partial charge < -0.3 is 10.4 Å². The minimum atomic E-state index is -1.02. The van der Waals surface area contributed by atoms with Crippen LogP contribution >= 0.6 is 11.6 Å². The molecule has 0 bridgehead atoms. The molecule has 0 aliphatic heterocycles. The molecule has 0 aliphatic carbocycles. The van der Waals surface area contributed by atoms with Crippen molar-refractivity contribution in [1.29, 1.82) is 0 Å². The fraction of sp³-hybridized carbons (Fsp3) is 0.154. The van der Waals surface area contributed by atoms with E-state index in [1.807, 2.05) is 0 Å². The van der Waals surface area contributed by atoms with Gasteiger partial charge in [-0.05, 0) is 23.8 Å². The highest BCUT2D eigenvalue weighted by molar-refractivity contribution is 6.30. The van der Waals surface area contributed by atoms with Crippen LogP contribution in [0.4, 0.5) is 10.3 Å². The van der Waals surface area contributed by atoms with Crippen LogP contribution in [-0.2, 0) is 0 Å². The van der Waals surface area contributed by atoms with Crippen molar-refractivity contribution in [2.24, 2.45) is 0 Å². The minimum Gasteiger partial charge on any atom is -0.387 e. The number of halogens is 2. The van der Waals surface area contributed by atoms with E-state index in [1.54, 1.807) is 0 Å². The predicted octanol–water partition coefficient (Wildman–Crippen LogP) is 1.58. The number of nitrogens with one attached hydrogen (secondary N) is 3. The number of fused-ring (bicyclic) bond motifs is 1.